The van der Waals surface area contributed by atoms with Crippen molar-refractivity contribution in [2.45, 2.75) is 38.6 Å². The molecule has 0 radical (unpaired) electrons. The van der Waals surface area contributed by atoms with Crippen LogP contribution in [0.5, 0.6) is 0 Å². The molecule has 18 heavy (non-hydrogen) atoms. The molecule has 2 rings (SSSR count). The van der Waals surface area contributed by atoms with Crippen molar-refractivity contribution in [3.05, 3.63) is 29.8 Å². The maximum Gasteiger partial charge on any atom is 0.223 e. The third-order valence-corrected chi connectivity index (χ3v) is 3.54. The van der Waals surface area contributed by atoms with Gasteiger partial charge in [-0.3, -0.25) is 4.79 Å². The average Bonchev–Trinajstić information content (AvgIpc) is 2.74. The Balaban J connectivity index is 0.00000162. The molecule has 0 aromatic heterocycles. The standard InChI is InChI=1S/C14H20N2O.ClH/c1-11-5-4-10-16(11)14(17)9-8-12-6-2-3-7-13(12)15;/h2-3,6-7,11H,4-5,8-10,15H2,1H3;1H. The first kappa shape index (κ1) is 14.8. The highest BCUT2D eigenvalue weighted by atomic mass is 35.5. The summed E-state index contributed by atoms with van der Waals surface area (Å²) >= 11 is 0. The lowest BCUT2D eigenvalue weighted by Crippen LogP contribution is -2.33. The van der Waals surface area contributed by atoms with Crippen LogP contribution in [0.4, 0.5) is 5.69 Å². The van der Waals surface area contributed by atoms with Gasteiger partial charge in [0, 0.05) is 24.7 Å². The Morgan fingerprint density at radius 1 is 1.44 bits per heavy atom. The van der Waals surface area contributed by atoms with Gasteiger partial charge in [-0.25, -0.2) is 0 Å². The summed E-state index contributed by atoms with van der Waals surface area (Å²) in [4.78, 5) is 14.0. The number of anilines is 1. The zero-order chi connectivity index (χ0) is 12.3. The van der Waals surface area contributed by atoms with Crippen LogP contribution in [-0.2, 0) is 11.2 Å². The molecule has 1 aromatic rings. The number of hydrogen-bond donors (Lipinski definition) is 1. The van der Waals surface area contributed by atoms with E-state index in [1.807, 2.05) is 29.2 Å². The zero-order valence-corrected chi connectivity index (χ0v) is 11.6. The third kappa shape index (κ3) is 3.39. The number of likely N-dealkylation sites (tertiary alicyclic amines) is 1. The average molecular weight is 269 g/mol. The van der Waals surface area contributed by atoms with Crippen molar-refractivity contribution in [2.24, 2.45) is 0 Å². The number of para-hydroxylation sites is 1. The molecule has 1 aliphatic heterocycles. The Bertz CT molecular complexity index is 409. The number of nitrogen functional groups attached to an aromatic ring is 1. The van der Waals surface area contributed by atoms with Crippen molar-refractivity contribution in [3.63, 3.8) is 0 Å². The van der Waals surface area contributed by atoms with E-state index in [9.17, 15) is 4.79 Å². The summed E-state index contributed by atoms with van der Waals surface area (Å²) in [5, 5.41) is 0. The Kier molecular flexibility index (Phi) is 5.48. The van der Waals surface area contributed by atoms with E-state index in [1.165, 1.54) is 0 Å². The van der Waals surface area contributed by atoms with E-state index >= 15 is 0 Å². The van der Waals surface area contributed by atoms with Gasteiger partial charge in [0.15, 0.2) is 0 Å². The summed E-state index contributed by atoms with van der Waals surface area (Å²) in [5.74, 6) is 0.262. The highest BCUT2D eigenvalue weighted by molar-refractivity contribution is 5.85. The van der Waals surface area contributed by atoms with Crippen LogP contribution in [-0.4, -0.2) is 23.4 Å². The molecular weight excluding hydrogens is 248 g/mol. The van der Waals surface area contributed by atoms with Gasteiger partial charge >= 0.3 is 0 Å². The van der Waals surface area contributed by atoms with Crippen LogP contribution >= 0.6 is 12.4 Å². The lowest BCUT2D eigenvalue weighted by Gasteiger charge is -2.21. The van der Waals surface area contributed by atoms with Crippen molar-refractivity contribution < 1.29 is 4.79 Å². The molecule has 1 saturated heterocycles. The van der Waals surface area contributed by atoms with Crippen molar-refractivity contribution in [1.29, 1.82) is 0 Å². The Labute approximate surface area is 115 Å². The summed E-state index contributed by atoms with van der Waals surface area (Å²) < 4.78 is 0. The molecule has 1 aliphatic rings. The first-order valence-electron chi connectivity index (χ1n) is 6.31. The Morgan fingerprint density at radius 2 is 2.17 bits per heavy atom. The van der Waals surface area contributed by atoms with Crippen molar-refractivity contribution in [2.75, 3.05) is 12.3 Å². The van der Waals surface area contributed by atoms with Crippen LogP contribution in [0.25, 0.3) is 0 Å². The quantitative estimate of drug-likeness (QED) is 0.857. The maximum absolute atomic E-state index is 12.0. The zero-order valence-electron chi connectivity index (χ0n) is 10.8. The molecule has 0 saturated carbocycles. The highest BCUT2D eigenvalue weighted by Gasteiger charge is 2.24. The van der Waals surface area contributed by atoms with Crippen LogP contribution in [0.15, 0.2) is 24.3 Å². The van der Waals surface area contributed by atoms with E-state index in [-0.39, 0.29) is 18.3 Å². The predicted molar refractivity (Wildman–Crippen MR) is 76.8 cm³/mol. The van der Waals surface area contributed by atoms with E-state index in [0.717, 1.165) is 37.1 Å². The van der Waals surface area contributed by atoms with Gasteiger partial charge in [-0.2, -0.15) is 0 Å². The smallest absolute Gasteiger partial charge is 0.223 e. The monoisotopic (exact) mass is 268 g/mol. The topological polar surface area (TPSA) is 46.3 Å². The summed E-state index contributed by atoms with van der Waals surface area (Å²) in [6, 6.07) is 8.18. The second-order valence-electron chi connectivity index (χ2n) is 4.78. The molecule has 100 valence electrons. The van der Waals surface area contributed by atoms with Crippen molar-refractivity contribution in [1.82, 2.24) is 4.90 Å². The number of aryl methyl sites for hydroxylation is 1. The fraction of sp³-hybridized carbons (Fsp3) is 0.500. The second-order valence-corrected chi connectivity index (χ2v) is 4.78. The molecule has 2 N–H and O–H groups in total. The number of hydrogen-bond acceptors (Lipinski definition) is 2. The van der Waals surface area contributed by atoms with E-state index in [0.29, 0.717) is 12.5 Å². The number of amides is 1. The fourth-order valence-electron chi connectivity index (χ4n) is 2.45. The van der Waals surface area contributed by atoms with E-state index < -0.39 is 0 Å². The van der Waals surface area contributed by atoms with Gasteiger partial charge in [-0.05, 0) is 37.8 Å². The van der Waals surface area contributed by atoms with Gasteiger partial charge in [0.25, 0.3) is 0 Å². The first-order valence-corrected chi connectivity index (χ1v) is 6.31. The molecule has 3 nitrogen and oxygen atoms in total. The molecule has 0 aliphatic carbocycles. The minimum Gasteiger partial charge on any atom is -0.399 e. The number of carbonyl (C=O) groups excluding carboxylic acids is 1. The number of nitrogens with zero attached hydrogens (tertiary/aromatic N) is 1. The maximum atomic E-state index is 12.0. The van der Waals surface area contributed by atoms with Crippen LogP contribution in [0, 0.1) is 0 Å². The number of rotatable bonds is 3. The first-order chi connectivity index (χ1) is 8.18. The predicted octanol–water partition coefficient (Wildman–Crippen LogP) is 2.63. The van der Waals surface area contributed by atoms with Crippen LogP contribution in [0.2, 0.25) is 0 Å². The molecule has 4 heteroatoms. The third-order valence-electron chi connectivity index (χ3n) is 3.54. The molecule has 1 atom stereocenters. The van der Waals surface area contributed by atoms with Crippen molar-refractivity contribution in [3.8, 4) is 0 Å². The summed E-state index contributed by atoms with van der Waals surface area (Å²) in [6.07, 6.45) is 3.59. The van der Waals surface area contributed by atoms with E-state index in [2.05, 4.69) is 6.92 Å². The highest BCUT2D eigenvalue weighted by Crippen LogP contribution is 2.19. The lowest BCUT2D eigenvalue weighted by molar-refractivity contribution is -0.131. The van der Waals surface area contributed by atoms with Gasteiger partial charge in [-0.15, -0.1) is 12.4 Å². The van der Waals surface area contributed by atoms with Gasteiger partial charge in [0.05, 0.1) is 0 Å². The van der Waals surface area contributed by atoms with E-state index in [1.54, 1.807) is 0 Å². The largest absolute Gasteiger partial charge is 0.399 e. The Morgan fingerprint density at radius 3 is 2.78 bits per heavy atom. The molecule has 0 bridgehead atoms. The van der Waals surface area contributed by atoms with Gasteiger partial charge < -0.3 is 10.6 Å². The van der Waals surface area contributed by atoms with E-state index in [4.69, 9.17) is 5.73 Å². The summed E-state index contributed by atoms with van der Waals surface area (Å²) in [7, 11) is 0. The normalized spacial score (nSPS) is 18.5. The minimum atomic E-state index is 0. The summed E-state index contributed by atoms with van der Waals surface area (Å²) in [6.45, 7) is 3.05. The number of carbonyl (C=O) groups is 1. The van der Waals surface area contributed by atoms with Crippen LogP contribution in [0.3, 0.4) is 0 Å². The molecule has 1 heterocycles. The molecular formula is C14H21ClN2O. The fourth-order valence-corrected chi connectivity index (χ4v) is 2.45. The van der Waals surface area contributed by atoms with Crippen LogP contribution in [0.1, 0.15) is 31.7 Å². The molecule has 1 unspecified atom stereocenters. The number of benzene rings is 1. The van der Waals surface area contributed by atoms with Gasteiger partial charge in [0.2, 0.25) is 5.91 Å². The lowest BCUT2D eigenvalue weighted by atomic mass is 10.1. The SMILES string of the molecule is CC1CCCN1C(=O)CCc1ccccc1N.Cl. The molecule has 1 aromatic carbocycles. The van der Waals surface area contributed by atoms with Crippen LogP contribution < -0.4 is 5.73 Å². The molecule has 1 amide bonds. The van der Waals surface area contributed by atoms with Gasteiger partial charge in [0.1, 0.15) is 0 Å². The number of halogens is 1. The Hall–Kier alpha value is -1.22. The van der Waals surface area contributed by atoms with Gasteiger partial charge in [-0.1, -0.05) is 18.2 Å². The minimum absolute atomic E-state index is 0. The summed E-state index contributed by atoms with van der Waals surface area (Å²) in [5.41, 5.74) is 7.73. The molecule has 1 fully saturated rings. The number of nitrogens with two attached hydrogens (primary N) is 1. The molecule has 0 spiro atoms. The second kappa shape index (κ2) is 6.64. The van der Waals surface area contributed by atoms with Crippen molar-refractivity contribution >= 4 is 24.0 Å².